The number of nitrogens with zero attached hydrogens (tertiary/aromatic N) is 2. The third-order valence-electron chi connectivity index (χ3n) is 2.28. The summed E-state index contributed by atoms with van der Waals surface area (Å²) in [6.45, 7) is 0. The van der Waals surface area contributed by atoms with Crippen LogP contribution in [0.2, 0.25) is 0 Å². The third kappa shape index (κ3) is 1.41. The van der Waals surface area contributed by atoms with Crippen LogP contribution in [0.5, 0.6) is 0 Å². The van der Waals surface area contributed by atoms with Gasteiger partial charge in [0, 0.05) is 19.7 Å². The predicted octanol–water partition coefficient (Wildman–Crippen LogP) is 4.37. The van der Waals surface area contributed by atoms with Crippen LogP contribution in [0.15, 0.2) is 33.2 Å². The minimum absolute atomic E-state index is 0.942. The van der Waals surface area contributed by atoms with Gasteiger partial charge in [-0.2, -0.15) is 8.75 Å². The molecule has 0 atom stereocenters. The van der Waals surface area contributed by atoms with Crippen LogP contribution in [0, 0.1) is 0 Å². The molecule has 0 saturated heterocycles. The van der Waals surface area contributed by atoms with Crippen LogP contribution in [0.25, 0.3) is 21.8 Å². The average molecular weight is 344 g/mol. The van der Waals surface area contributed by atoms with Gasteiger partial charge in [-0.25, -0.2) is 0 Å². The second-order valence-corrected chi connectivity index (χ2v) is 5.39. The molecule has 0 aliphatic heterocycles. The maximum atomic E-state index is 4.32. The SMILES string of the molecule is Brc1cccc2c1c(Br)cc1nsnc12. The van der Waals surface area contributed by atoms with Gasteiger partial charge in [0.1, 0.15) is 11.0 Å². The highest BCUT2D eigenvalue weighted by Crippen LogP contribution is 2.35. The van der Waals surface area contributed by atoms with E-state index in [-0.39, 0.29) is 0 Å². The van der Waals surface area contributed by atoms with Crippen molar-refractivity contribution >= 4 is 65.4 Å². The molecule has 2 aromatic carbocycles. The fourth-order valence-corrected chi connectivity index (χ4v) is 3.66. The second kappa shape index (κ2) is 3.50. The van der Waals surface area contributed by atoms with Crippen LogP contribution >= 0.6 is 43.6 Å². The van der Waals surface area contributed by atoms with Crippen LogP contribution in [-0.2, 0) is 0 Å². The van der Waals surface area contributed by atoms with E-state index in [1.807, 2.05) is 18.2 Å². The Morgan fingerprint density at radius 2 is 1.93 bits per heavy atom. The molecule has 0 saturated carbocycles. The first kappa shape index (κ1) is 9.69. The quantitative estimate of drug-likeness (QED) is 0.605. The zero-order valence-corrected chi connectivity index (χ0v) is 11.4. The van der Waals surface area contributed by atoms with Gasteiger partial charge in [-0.15, -0.1) is 0 Å². The number of hydrogen-bond donors (Lipinski definition) is 0. The van der Waals surface area contributed by atoms with E-state index in [9.17, 15) is 0 Å². The molecule has 3 rings (SSSR count). The minimum atomic E-state index is 0.942. The van der Waals surface area contributed by atoms with E-state index in [4.69, 9.17) is 0 Å². The molecule has 1 aromatic heterocycles. The van der Waals surface area contributed by atoms with Gasteiger partial charge in [0.25, 0.3) is 0 Å². The zero-order chi connectivity index (χ0) is 10.4. The summed E-state index contributed by atoms with van der Waals surface area (Å²) < 4.78 is 10.7. The Bertz CT molecular complexity index is 663. The molecule has 0 N–H and O–H groups in total. The molecule has 2 nitrogen and oxygen atoms in total. The minimum Gasteiger partial charge on any atom is -0.173 e. The van der Waals surface area contributed by atoms with Crippen molar-refractivity contribution in [2.75, 3.05) is 0 Å². The Hall–Kier alpha value is -0.520. The Balaban J connectivity index is 2.67. The summed E-state index contributed by atoms with van der Waals surface area (Å²) in [5, 5.41) is 2.28. The summed E-state index contributed by atoms with van der Waals surface area (Å²) in [5.41, 5.74) is 1.91. The smallest absolute Gasteiger partial charge is 0.112 e. The lowest BCUT2D eigenvalue weighted by Crippen LogP contribution is -1.79. The molecule has 1 heterocycles. The van der Waals surface area contributed by atoms with Gasteiger partial charge in [-0.05, 0) is 12.1 Å². The van der Waals surface area contributed by atoms with Crippen molar-refractivity contribution in [3.63, 3.8) is 0 Å². The number of halogens is 2. The van der Waals surface area contributed by atoms with Gasteiger partial charge in [-0.3, -0.25) is 0 Å². The molecule has 0 fully saturated rings. The maximum absolute atomic E-state index is 4.32. The van der Waals surface area contributed by atoms with Crippen molar-refractivity contribution in [2.24, 2.45) is 0 Å². The molecule has 3 aromatic rings. The fraction of sp³-hybridized carbons (Fsp3) is 0. The summed E-state index contributed by atoms with van der Waals surface area (Å²) in [6.07, 6.45) is 0. The van der Waals surface area contributed by atoms with Crippen LogP contribution in [0.3, 0.4) is 0 Å². The molecule has 0 aliphatic carbocycles. The van der Waals surface area contributed by atoms with E-state index in [0.29, 0.717) is 0 Å². The Labute approximate surface area is 107 Å². The zero-order valence-electron chi connectivity index (χ0n) is 7.37. The number of rotatable bonds is 0. The first-order valence-electron chi connectivity index (χ1n) is 4.26. The van der Waals surface area contributed by atoms with Crippen LogP contribution in [0.4, 0.5) is 0 Å². The predicted molar refractivity (Wildman–Crippen MR) is 70.3 cm³/mol. The standard InChI is InChI=1S/C10H4Br2N2S/c11-6-3-1-2-5-9(6)7(12)4-8-10(5)14-15-13-8/h1-4H. The third-order valence-corrected chi connectivity index (χ3v) is 4.11. The number of hydrogen-bond acceptors (Lipinski definition) is 3. The lowest BCUT2D eigenvalue weighted by molar-refractivity contribution is 1.64. The van der Waals surface area contributed by atoms with E-state index in [2.05, 4.69) is 46.7 Å². The molecular weight excluding hydrogens is 340 g/mol. The molecule has 0 spiro atoms. The van der Waals surface area contributed by atoms with Crippen molar-refractivity contribution in [1.82, 2.24) is 8.75 Å². The van der Waals surface area contributed by atoms with Gasteiger partial charge in [0.15, 0.2) is 0 Å². The maximum Gasteiger partial charge on any atom is 0.112 e. The van der Waals surface area contributed by atoms with Crippen molar-refractivity contribution in [2.45, 2.75) is 0 Å². The first-order valence-corrected chi connectivity index (χ1v) is 6.58. The monoisotopic (exact) mass is 342 g/mol. The Morgan fingerprint density at radius 1 is 1.07 bits per heavy atom. The van der Waals surface area contributed by atoms with Crippen molar-refractivity contribution in [3.05, 3.63) is 33.2 Å². The van der Waals surface area contributed by atoms with Crippen molar-refractivity contribution < 1.29 is 0 Å². The van der Waals surface area contributed by atoms with E-state index >= 15 is 0 Å². The first-order chi connectivity index (χ1) is 7.27. The molecular formula is C10H4Br2N2S. The fourth-order valence-electron chi connectivity index (χ4n) is 1.63. The van der Waals surface area contributed by atoms with Gasteiger partial charge >= 0.3 is 0 Å². The van der Waals surface area contributed by atoms with E-state index in [0.717, 1.165) is 30.8 Å². The van der Waals surface area contributed by atoms with Crippen LogP contribution < -0.4 is 0 Å². The van der Waals surface area contributed by atoms with Crippen LogP contribution in [-0.4, -0.2) is 8.75 Å². The molecule has 0 unspecified atom stereocenters. The molecule has 0 amide bonds. The number of benzene rings is 2. The van der Waals surface area contributed by atoms with Gasteiger partial charge < -0.3 is 0 Å². The second-order valence-electron chi connectivity index (χ2n) is 3.15. The summed E-state index contributed by atoms with van der Waals surface area (Å²) in [4.78, 5) is 0. The largest absolute Gasteiger partial charge is 0.173 e. The summed E-state index contributed by atoms with van der Waals surface area (Å²) in [7, 11) is 0. The van der Waals surface area contributed by atoms with E-state index in [1.165, 1.54) is 11.7 Å². The lowest BCUT2D eigenvalue weighted by atomic mass is 10.1. The van der Waals surface area contributed by atoms with E-state index in [1.54, 1.807) is 0 Å². The van der Waals surface area contributed by atoms with Crippen LogP contribution in [0.1, 0.15) is 0 Å². The number of fused-ring (bicyclic) bond motifs is 3. The summed E-state index contributed by atoms with van der Waals surface area (Å²) >= 11 is 8.35. The normalized spacial score (nSPS) is 11.3. The Kier molecular flexibility index (Phi) is 2.26. The molecule has 74 valence electrons. The summed E-state index contributed by atoms with van der Waals surface area (Å²) in [6, 6.07) is 8.11. The van der Waals surface area contributed by atoms with Crippen molar-refractivity contribution in [1.29, 1.82) is 0 Å². The molecule has 5 heteroatoms. The van der Waals surface area contributed by atoms with E-state index < -0.39 is 0 Å². The lowest BCUT2D eigenvalue weighted by Gasteiger charge is -2.03. The van der Waals surface area contributed by atoms with Gasteiger partial charge in [0.2, 0.25) is 0 Å². The average Bonchev–Trinajstić information content (AvgIpc) is 2.65. The topological polar surface area (TPSA) is 25.8 Å². The molecule has 0 bridgehead atoms. The summed E-state index contributed by atoms with van der Waals surface area (Å²) in [5.74, 6) is 0. The van der Waals surface area contributed by atoms with Crippen molar-refractivity contribution in [3.8, 4) is 0 Å². The molecule has 0 aliphatic rings. The van der Waals surface area contributed by atoms with Gasteiger partial charge in [0.05, 0.1) is 11.7 Å². The highest BCUT2D eigenvalue weighted by molar-refractivity contribution is 9.11. The number of aromatic nitrogens is 2. The van der Waals surface area contributed by atoms with Gasteiger partial charge in [-0.1, -0.05) is 44.0 Å². The molecule has 0 radical (unpaired) electrons. The molecule has 15 heavy (non-hydrogen) atoms. The highest BCUT2D eigenvalue weighted by Gasteiger charge is 2.09. The highest BCUT2D eigenvalue weighted by atomic mass is 79.9. The Morgan fingerprint density at radius 3 is 2.80 bits per heavy atom.